The first kappa shape index (κ1) is 19.4. The maximum atomic E-state index is 13.2. The summed E-state index contributed by atoms with van der Waals surface area (Å²) in [5, 5.41) is 2.95. The third-order valence-electron chi connectivity index (χ3n) is 6.03. The Bertz CT molecular complexity index is 1110. The number of benzene rings is 1. The molecule has 2 atom stereocenters. The van der Waals surface area contributed by atoms with Crippen molar-refractivity contribution in [2.75, 3.05) is 18.1 Å². The zero-order chi connectivity index (χ0) is 21.3. The number of anilines is 1. The Morgan fingerprint density at radius 3 is 2.71 bits per heavy atom. The molecule has 2 aromatic heterocycles. The highest BCUT2D eigenvalue weighted by Crippen LogP contribution is 2.47. The Balaban J connectivity index is 1.34. The number of carbonyl (C=O) groups is 2. The summed E-state index contributed by atoms with van der Waals surface area (Å²) in [5.74, 6) is -0.230. The van der Waals surface area contributed by atoms with Crippen LogP contribution in [0.3, 0.4) is 0 Å². The molecule has 0 bridgehead atoms. The zero-order valence-electron chi connectivity index (χ0n) is 16.9. The van der Waals surface area contributed by atoms with Crippen molar-refractivity contribution in [2.24, 2.45) is 0 Å². The molecule has 0 aliphatic carbocycles. The van der Waals surface area contributed by atoms with Crippen LogP contribution in [-0.4, -0.2) is 41.0 Å². The van der Waals surface area contributed by atoms with Crippen molar-refractivity contribution in [3.63, 3.8) is 0 Å². The van der Waals surface area contributed by atoms with Gasteiger partial charge in [0, 0.05) is 49.0 Å². The number of rotatable bonds is 4. The molecule has 0 saturated carbocycles. The van der Waals surface area contributed by atoms with E-state index in [1.807, 2.05) is 36.4 Å². The van der Waals surface area contributed by atoms with Crippen molar-refractivity contribution in [2.45, 2.75) is 24.5 Å². The lowest BCUT2D eigenvalue weighted by atomic mass is 9.80. The van der Waals surface area contributed by atoms with Gasteiger partial charge < -0.3 is 15.0 Å². The molecule has 0 radical (unpaired) electrons. The van der Waals surface area contributed by atoms with E-state index in [9.17, 15) is 9.59 Å². The highest BCUT2D eigenvalue weighted by Gasteiger charge is 2.51. The van der Waals surface area contributed by atoms with E-state index in [1.54, 1.807) is 41.8 Å². The largest absolute Gasteiger partial charge is 0.367 e. The Kier molecular flexibility index (Phi) is 4.95. The molecule has 7 nitrogen and oxygen atoms in total. The molecule has 1 saturated heterocycles. The van der Waals surface area contributed by atoms with Gasteiger partial charge in [0.05, 0.1) is 12.2 Å². The van der Waals surface area contributed by atoms with Gasteiger partial charge in [-0.15, -0.1) is 0 Å². The van der Waals surface area contributed by atoms with Gasteiger partial charge in [-0.3, -0.25) is 19.6 Å². The molecule has 3 aromatic rings. The summed E-state index contributed by atoms with van der Waals surface area (Å²) in [6.07, 6.45) is 6.61. The number of ether oxygens (including phenoxy) is 1. The molecular formula is C24H22N4O3. The molecule has 5 rings (SSSR count). The van der Waals surface area contributed by atoms with Crippen molar-refractivity contribution >= 4 is 17.5 Å². The summed E-state index contributed by atoms with van der Waals surface area (Å²) in [6.45, 7) is 1.30. The molecule has 1 fully saturated rings. The van der Waals surface area contributed by atoms with Gasteiger partial charge in [0.2, 0.25) is 5.91 Å². The lowest BCUT2D eigenvalue weighted by Crippen LogP contribution is -2.39. The molecule has 1 spiro atoms. The van der Waals surface area contributed by atoms with Crippen molar-refractivity contribution < 1.29 is 14.3 Å². The highest BCUT2D eigenvalue weighted by atomic mass is 16.5. The van der Waals surface area contributed by atoms with Crippen LogP contribution in [0.25, 0.3) is 0 Å². The van der Waals surface area contributed by atoms with Crippen LogP contribution in [0.2, 0.25) is 0 Å². The van der Waals surface area contributed by atoms with Crippen LogP contribution < -0.4 is 10.2 Å². The van der Waals surface area contributed by atoms with Crippen LogP contribution in [-0.2, 0) is 21.5 Å². The fourth-order valence-corrected chi connectivity index (χ4v) is 4.46. The third kappa shape index (κ3) is 3.57. The van der Waals surface area contributed by atoms with E-state index < -0.39 is 11.5 Å². The molecule has 4 heterocycles. The van der Waals surface area contributed by atoms with Gasteiger partial charge in [0.1, 0.15) is 6.10 Å². The summed E-state index contributed by atoms with van der Waals surface area (Å²) in [4.78, 5) is 35.8. The van der Waals surface area contributed by atoms with Gasteiger partial charge in [-0.2, -0.15) is 0 Å². The Hall–Kier alpha value is -3.58. The first-order valence-electron chi connectivity index (χ1n) is 10.3. The minimum absolute atomic E-state index is 0.0944. The van der Waals surface area contributed by atoms with E-state index in [-0.39, 0.29) is 11.8 Å². The molecule has 0 unspecified atom stereocenters. The van der Waals surface area contributed by atoms with Crippen molar-refractivity contribution in [1.82, 2.24) is 15.3 Å². The average Bonchev–Trinajstić information content (AvgIpc) is 3.41. The number of nitrogens with one attached hydrogen (secondary N) is 1. The predicted octanol–water partition coefficient (Wildman–Crippen LogP) is 2.48. The van der Waals surface area contributed by atoms with Gasteiger partial charge in [-0.05, 0) is 47.9 Å². The maximum Gasteiger partial charge on any atom is 0.259 e. The molecule has 2 amide bonds. The number of hydrogen-bond acceptors (Lipinski definition) is 5. The molecule has 31 heavy (non-hydrogen) atoms. The molecule has 2 aliphatic heterocycles. The Labute approximate surface area is 180 Å². The number of amides is 2. The highest BCUT2D eigenvalue weighted by molar-refractivity contribution is 6.07. The second-order valence-electron chi connectivity index (χ2n) is 8.01. The number of aromatic nitrogens is 2. The van der Waals surface area contributed by atoms with Crippen LogP contribution in [0.15, 0.2) is 73.3 Å². The summed E-state index contributed by atoms with van der Waals surface area (Å²) >= 11 is 0. The second kappa shape index (κ2) is 7.92. The number of hydrogen-bond donors (Lipinski definition) is 1. The fourth-order valence-electron chi connectivity index (χ4n) is 4.46. The standard InChI is InChI=1S/C24H22N4O3/c29-22(27-13-17-7-10-25-11-8-17)21-12-24(16-31-21)15-28(20-6-2-1-5-19(20)24)23(30)18-4-3-9-26-14-18/h1-11,14,21H,12-13,15-16H2,(H,27,29)/t21-,24-/m0/s1. The first-order valence-corrected chi connectivity index (χ1v) is 10.3. The lowest BCUT2D eigenvalue weighted by molar-refractivity contribution is -0.130. The van der Waals surface area contributed by atoms with E-state index >= 15 is 0 Å². The minimum atomic E-state index is -0.552. The van der Waals surface area contributed by atoms with Gasteiger partial charge in [-0.25, -0.2) is 0 Å². The van der Waals surface area contributed by atoms with Crippen molar-refractivity contribution in [3.8, 4) is 0 Å². The topological polar surface area (TPSA) is 84.4 Å². The number of carbonyl (C=O) groups excluding carboxylic acids is 2. The Morgan fingerprint density at radius 2 is 1.90 bits per heavy atom. The predicted molar refractivity (Wildman–Crippen MR) is 114 cm³/mol. The number of pyridine rings is 2. The third-order valence-corrected chi connectivity index (χ3v) is 6.03. The molecule has 2 aliphatic rings. The van der Waals surface area contributed by atoms with Gasteiger partial charge >= 0.3 is 0 Å². The molecule has 1 aromatic carbocycles. The van der Waals surface area contributed by atoms with E-state index in [1.165, 1.54) is 0 Å². The normalized spacial score (nSPS) is 21.8. The number of para-hydroxylation sites is 1. The van der Waals surface area contributed by atoms with E-state index in [2.05, 4.69) is 15.3 Å². The van der Waals surface area contributed by atoms with Crippen LogP contribution in [0.1, 0.15) is 27.9 Å². The monoisotopic (exact) mass is 414 g/mol. The van der Waals surface area contributed by atoms with Crippen molar-refractivity contribution in [3.05, 3.63) is 90.0 Å². The summed E-state index contributed by atoms with van der Waals surface area (Å²) in [7, 11) is 0. The second-order valence-corrected chi connectivity index (χ2v) is 8.01. The van der Waals surface area contributed by atoms with Crippen molar-refractivity contribution in [1.29, 1.82) is 0 Å². The Morgan fingerprint density at radius 1 is 1.06 bits per heavy atom. The average molecular weight is 414 g/mol. The summed E-state index contributed by atoms with van der Waals surface area (Å²) < 4.78 is 5.96. The van der Waals surface area contributed by atoms with Crippen LogP contribution in [0.4, 0.5) is 5.69 Å². The van der Waals surface area contributed by atoms with Gasteiger partial charge in [-0.1, -0.05) is 18.2 Å². The molecule has 7 heteroatoms. The fraction of sp³-hybridized carbons (Fsp3) is 0.250. The summed E-state index contributed by atoms with van der Waals surface area (Å²) in [5.41, 5.74) is 3.05. The molecule has 1 N–H and O–H groups in total. The smallest absolute Gasteiger partial charge is 0.259 e. The maximum absolute atomic E-state index is 13.2. The number of fused-ring (bicyclic) bond motifs is 2. The van der Waals surface area contributed by atoms with Gasteiger partial charge in [0.25, 0.3) is 5.91 Å². The SMILES string of the molecule is O=C(NCc1ccncc1)[C@@H]1C[C@@]2(CO1)CN(C(=O)c1cccnc1)c1ccccc12. The quantitative estimate of drug-likeness (QED) is 0.709. The number of nitrogens with zero attached hydrogens (tertiary/aromatic N) is 3. The van der Waals surface area contributed by atoms with E-state index in [0.29, 0.717) is 31.7 Å². The van der Waals surface area contributed by atoms with Gasteiger partial charge in [0.15, 0.2) is 0 Å². The molecule has 156 valence electrons. The van der Waals surface area contributed by atoms with E-state index in [0.717, 1.165) is 16.8 Å². The van der Waals surface area contributed by atoms with Crippen LogP contribution in [0, 0.1) is 0 Å². The van der Waals surface area contributed by atoms with Crippen LogP contribution in [0.5, 0.6) is 0 Å². The molecular weight excluding hydrogens is 392 g/mol. The summed E-state index contributed by atoms with van der Waals surface area (Å²) in [6, 6.07) is 15.1. The lowest BCUT2D eigenvalue weighted by Gasteiger charge is -2.23. The van der Waals surface area contributed by atoms with Crippen LogP contribution >= 0.6 is 0 Å². The first-order chi connectivity index (χ1) is 15.2. The minimum Gasteiger partial charge on any atom is -0.367 e. The zero-order valence-corrected chi connectivity index (χ0v) is 16.9. The van der Waals surface area contributed by atoms with E-state index in [4.69, 9.17) is 4.74 Å².